The lowest BCUT2D eigenvalue weighted by Gasteiger charge is -1.95. The molecular formula is C10H11N3O. The molecule has 0 bridgehead atoms. The van der Waals surface area contributed by atoms with Crippen LogP contribution >= 0.6 is 0 Å². The number of pyridine rings is 1. The lowest BCUT2D eigenvalue weighted by molar-refractivity contribution is 0.570. The van der Waals surface area contributed by atoms with Crippen molar-refractivity contribution in [2.24, 2.45) is 5.73 Å². The molecule has 2 heterocycles. The van der Waals surface area contributed by atoms with Crippen molar-refractivity contribution in [2.75, 3.05) is 0 Å². The van der Waals surface area contributed by atoms with Crippen molar-refractivity contribution in [3.8, 4) is 11.5 Å². The monoisotopic (exact) mass is 189 g/mol. The van der Waals surface area contributed by atoms with E-state index in [0.717, 1.165) is 11.3 Å². The van der Waals surface area contributed by atoms with Crippen LogP contribution in [0.25, 0.3) is 11.5 Å². The van der Waals surface area contributed by atoms with Gasteiger partial charge in [0.1, 0.15) is 6.26 Å². The molecule has 0 saturated heterocycles. The van der Waals surface area contributed by atoms with E-state index in [9.17, 15) is 0 Å². The van der Waals surface area contributed by atoms with Gasteiger partial charge in [-0.05, 0) is 19.1 Å². The Bertz CT molecular complexity index is 408. The Morgan fingerprint density at radius 2 is 2.36 bits per heavy atom. The minimum atomic E-state index is -0.107. The first-order valence-electron chi connectivity index (χ1n) is 4.39. The maximum atomic E-state index is 5.67. The van der Waals surface area contributed by atoms with Crippen molar-refractivity contribution in [3.05, 3.63) is 36.5 Å². The zero-order chi connectivity index (χ0) is 9.97. The van der Waals surface area contributed by atoms with Gasteiger partial charge in [-0.2, -0.15) is 0 Å². The molecule has 2 aromatic rings. The number of hydrogen-bond acceptors (Lipinski definition) is 4. The summed E-state index contributed by atoms with van der Waals surface area (Å²) in [4.78, 5) is 8.23. The molecule has 0 fully saturated rings. The largest absolute Gasteiger partial charge is 0.444 e. The lowest BCUT2D eigenvalue weighted by atomic mass is 10.3. The zero-order valence-electron chi connectivity index (χ0n) is 7.84. The predicted octanol–water partition coefficient (Wildman–Crippen LogP) is 1.76. The molecule has 0 aliphatic rings. The van der Waals surface area contributed by atoms with Crippen LogP contribution in [0.4, 0.5) is 0 Å². The van der Waals surface area contributed by atoms with Crippen molar-refractivity contribution in [1.82, 2.24) is 9.97 Å². The molecular weight excluding hydrogens is 178 g/mol. The molecule has 2 rings (SSSR count). The number of rotatable bonds is 2. The van der Waals surface area contributed by atoms with Crippen LogP contribution in [0.5, 0.6) is 0 Å². The van der Waals surface area contributed by atoms with Gasteiger partial charge in [0.05, 0.1) is 11.3 Å². The van der Waals surface area contributed by atoms with E-state index in [4.69, 9.17) is 10.2 Å². The van der Waals surface area contributed by atoms with Crippen LogP contribution in [0.15, 0.2) is 35.2 Å². The van der Waals surface area contributed by atoms with E-state index in [2.05, 4.69) is 9.97 Å². The van der Waals surface area contributed by atoms with E-state index in [1.165, 1.54) is 0 Å². The third-order valence-electron chi connectivity index (χ3n) is 1.90. The topological polar surface area (TPSA) is 64.9 Å². The van der Waals surface area contributed by atoms with Crippen molar-refractivity contribution in [3.63, 3.8) is 0 Å². The van der Waals surface area contributed by atoms with Crippen molar-refractivity contribution >= 4 is 0 Å². The Labute approximate surface area is 81.8 Å². The maximum absolute atomic E-state index is 5.67. The van der Waals surface area contributed by atoms with Crippen LogP contribution in [0.2, 0.25) is 0 Å². The highest BCUT2D eigenvalue weighted by molar-refractivity contribution is 5.50. The Morgan fingerprint density at radius 3 is 2.93 bits per heavy atom. The molecule has 0 aliphatic carbocycles. The Morgan fingerprint density at radius 1 is 1.50 bits per heavy atom. The van der Waals surface area contributed by atoms with Gasteiger partial charge in [0, 0.05) is 18.4 Å². The summed E-state index contributed by atoms with van der Waals surface area (Å²) in [5.41, 5.74) is 7.28. The molecule has 0 radical (unpaired) electrons. The third kappa shape index (κ3) is 1.65. The minimum absolute atomic E-state index is 0.107. The smallest absolute Gasteiger partial charge is 0.227 e. The average Bonchev–Trinajstić information content (AvgIpc) is 2.68. The molecule has 72 valence electrons. The Hall–Kier alpha value is -1.68. The number of hydrogen-bond donors (Lipinski definition) is 1. The normalized spacial score (nSPS) is 12.7. The van der Waals surface area contributed by atoms with Crippen LogP contribution in [-0.4, -0.2) is 9.97 Å². The van der Waals surface area contributed by atoms with E-state index >= 15 is 0 Å². The standard InChI is InChI=1S/C10H11N3O/c1-7(11)9-6-14-10(13-9)8-3-2-4-12-5-8/h2-7H,11H2,1H3. The molecule has 4 heteroatoms. The molecule has 4 nitrogen and oxygen atoms in total. The van der Waals surface area contributed by atoms with E-state index in [-0.39, 0.29) is 6.04 Å². The fourth-order valence-corrected chi connectivity index (χ4v) is 1.12. The quantitative estimate of drug-likeness (QED) is 0.781. The first kappa shape index (κ1) is 8.90. The second kappa shape index (κ2) is 3.59. The molecule has 0 spiro atoms. The third-order valence-corrected chi connectivity index (χ3v) is 1.90. The van der Waals surface area contributed by atoms with Gasteiger partial charge < -0.3 is 10.2 Å². The highest BCUT2D eigenvalue weighted by Gasteiger charge is 2.08. The molecule has 1 atom stereocenters. The highest BCUT2D eigenvalue weighted by Crippen LogP contribution is 2.19. The molecule has 0 amide bonds. The van der Waals surface area contributed by atoms with Crippen molar-refractivity contribution in [1.29, 1.82) is 0 Å². The summed E-state index contributed by atoms with van der Waals surface area (Å²) in [5, 5.41) is 0. The zero-order valence-corrected chi connectivity index (χ0v) is 7.84. The first-order chi connectivity index (χ1) is 6.77. The van der Waals surface area contributed by atoms with Gasteiger partial charge in [0.2, 0.25) is 5.89 Å². The molecule has 2 N–H and O–H groups in total. The number of oxazole rings is 1. The predicted molar refractivity (Wildman–Crippen MR) is 52.3 cm³/mol. The number of nitrogens with two attached hydrogens (primary N) is 1. The lowest BCUT2D eigenvalue weighted by Crippen LogP contribution is -2.04. The molecule has 0 aromatic carbocycles. The van der Waals surface area contributed by atoms with E-state index in [0.29, 0.717) is 5.89 Å². The van der Waals surface area contributed by atoms with Crippen LogP contribution in [0, 0.1) is 0 Å². The van der Waals surface area contributed by atoms with Crippen LogP contribution < -0.4 is 5.73 Å². The summed E-state index contributed by atoms with van der Waals surface area (Å²) < 4.78 is 5.28. The van der Waals surface area contributed by atoms with Gasteiger partial charge in [-0.15, -0.1) is 0 Å². The maximum Gasteiger partial charge on any atom is 0.227 e. The fourth-order valence-electron chi connectivity index (χ4n) is 1.12. The summed E-state index contributed by atoms with van der Waals surface area (Å²) in [6.45, 7) is 1.87. The van der Waals surface area contributed by atoms with Gasteiger partial charge in [-0.1, -0.05) is 0 Å². The molecule has 0 saturated carbocycles. The van der Waals surface area contributed by atoms with Crippen molar-refractivity contribution in [2.45, 2.75) is 13.0 Å². The Balaban J connectivity index is 2.34. The van der Waals surface area contributed by atoms with E-state index in [1.54, 1.807) is 18.7 Å². The van der Waals surface area contributed by atoms with Crippen LogP contribution in [0.1, 0.15) is 18.7 Å². The summed E-state index contributed by atoms with van der Waals surface area (Å²) in [7, 11) is 0. The molecule has 14 heavy (non-hydrogen) atoms. The van der Waals surface area contributed by atoms with Crippen LogP contribution in [-0.2, 0) is 0 Å². The highest BCUT2D eigenvalue weighted by atomic mass is 16.3. The van der Waals surface area contributed by atoms with E-state index < -0.39 is 0 Å². The summed E-state index contributed by atoms with van der Waals surface area (Å²) in [5.74, 6) is 0.561. The molecule has 1 unspecified atom stereocenters. The van der Waals surface area contributed by atoms with Gasteiger partial charge in [0.25, 0.3) is 0 Å². The SMILES string of the molecule is CC(N)c1coc(-c2cccnc2)n1. The average molecular weight is 189 g/mol. The summed E-state index contributed by atoms with van der Waals surface area (Å²) >= 11 is 0. The van der Waals surface area contributed by atoms with Crippen molar-refractivity contribution < 1.29 is 4.42 Å². The summed E-state index contributed by atoms with van der Waals surface area (Å²) in [6.07, 6.45) is 4.99. The number of nitrogens with zero attached hydrogens (tertiary/aromatic N) is 2. The number of aromatic nitrogens is 2. The van der Waals surface area contributed by atoms with Gasteiger partial charge in [0.15, 0.2) is 0 Å². The van der Waals surface area contributed by atoms with Gasteiger partial charge in [-0.25, -0.2) is 4.98 Å². The fraction of sp³-hybridized carbons (Fsp3) is 0.200. The molecule has 2 aromatic heterocycles. The molecule has 0 aliphatic heterocycles. The van der Waals surface area contributed by atoms with Crippen LogP contribution in [0.3, 0.4) is 0 Å². The van der Waals surface area contributed by atoms with E-state index in [1.807, 2.05) is 19.1 Å². The summed E-state index contributed by atoms with van der Waals surface area (Å²) in [6, 6.07) is 3.62. The second-order valence-corrected chi connectivity index (χ2v) is 3.11. The first-order valence-corrected chi connectivity index (χ1v) is 4.39. The Kier molecular flexibility index (Phi) is 2.28. The minimum Gasteiger partial charge on any atom is -0.444 e. The van der Waals surface area contributed by atoms with Gasteiger partial charge >= 0.3 is 0 Å². The van der Waals surface area contributed by atoms with Gasteiger partial charge in [-0.3, -0.25) is 4.98 Å². The second-order valence-electron chi connectivity index (χ2n) is 3.11.